The number of hydrogen-bond acceptors (Lipinski definition) is 5. The normalized spacial score (nSPS) is 11.1. The van der Waals surface area contributed by atoms with E-state index < -0.39 is 16.0 Å². The number of aromatic amines is 1. The first-order valence-corrected chi connectivity index (χ1v) is 7.70. The second-order valence-corrected chi connectivity index (χ2v) is 5.87. The maximum atomic E-state index is 12.4. The molecule has 0 saturated carbocycles. The monoisotopic (exact) mass is 309 g/mol. The number of hydrogen-bond donors (Lipinski definition) is 2. The van der Waals surface area contributed by atoms with Gasteiger partial charge in [0.25, 0.3) is 10.0 Å². The van der Waals surface area contributed by atoms with Crippen LogP contribution in [-0.2, 0) is 21.2 Å². The predicted octanol–water partition coefficient (Wildman–Crippen LogP) is 1.56. The highest BCUT2D eigenvalue weighted by Crippen LogP contribution is 2.21. The van der Waals surface area contributed by atoms with Gasteiger partial charge >= 0.3 is 5.97 Å². The molecule has 0 amide bonds. The number of nitrogens with zero attached hydrogens (tertiary/aromatic N) is 1. The number of carbonyl (C=O) groups excluding carboxylic acids is 1. The lowest BCUT2D eigenvalue weighted by molar-refractivity contribution is 0.0596. The summed E-state index contributed by atoms with van der Waals surface area (Å²) in [5.74, 6) is -0.423. The Hall–Kier alpha value is -2.35. The average Bonchev–Trinajstić information content (AvgIpc) is 2.92. The second-order valence-electron chi connectivity index (χ2n) is 4.22. The Kier molecular flexibility index (Phi) is 4.27. The van der Waals surface area contributed by atoms with Gasteiger partial charge in [-0.05, 0) is 18.6 Å². The molecule has 0 unspecified atom stereocenters. The summed E-state index contributed by atoms with van der Waals surface area (Å²) in [5.41, 5.74) is 0.708. The molecule has 0 atom stereocenters. The average molecular weight is 309 g/mol. The fourth-order valence-corrected chi connectivity index (χ4v) is 3.09. The van der Waals surface area contributed by atoms with Crippen LogP contribution >= 0.6 is 0 Å². The molecule has 0 aliphatic heterocycles. The van der Waals surface area contributed by atoms with E-state index in [9.17, 15) is 13.2 Å². The number of esters is 1. The van der Waals surface area contributed by atoms with Crippen molar-refractivity contribution in [1.29, 1.82) is 0 Å². The highest BCUT2D eigenvalue weighted by molar-refractivity contribution is 7.92. The molecule has 0 radical (unpaired) electrons. The largest absolute Gasteiger partial charge is 0.465 e. The van der Waals surface area contributed by atoms with Crippen LogP contribution in [0.3, 0.4) is 0 Å². The zero-order valence-corrected chi connectivity index (χ0v) is 12.4. The SMILES string of the molecule is CCc1cn[nH]c1NS(=O)(=O)c1ccccc1C(=O)OC. The molecular formula is C13H15N3O4S. The molecule has 2 rings (SSSR count). The van der Waals surface area contributed by atoms with Gasteiger partial charge in [0.15, 0.2) is 0 Å². The third kappa shape index (κ3) is 3.05. The van der Waals surface area contributed by atoms with Crippen molar-refractivity contribution in [1.82, 2.24) is 10.2 Å². The van der Waals surface area contributed by atoms with Crippen molar-refractivity contribution in [3.63, 3.8) is 0 Å². The van der Waals surface area contributed by atoms with E-state index in [1.165, 1.54) is 25.3 Å². The van der Waals surface area contributed by atoms with Crippen molar-refractivity contribution >= 4 is 21.8 Å². The topological polar surface area (TPSA) is 101 Å². The number of nitrogens with one attached hydrogen (secondary N) is 2. The number of ether oxygens (including phenoxy) is 1. The van der Waals surface area contributed by atoms with Gasteiger partial charge in [-0.1, -0.05) is 19.1 Å². The van der Waals surface area contributed by atoms with E-state index in [-0.39, 0.29) is 16.3 Å². The maximum absolute atomic E-state index is 12.4. The zero-order valence-electron chi connectivity index (χ0n) is 11.6. The smallest absolute Gasteiger partial charge is 0.339 e. The van der Waals surface area contributed by atoms with Gasteiger partial charge in [-0.2, -0.15) is 5.10 Å². The standard InChI is InChI=1S/C13H15N3O4S/c1-3-9-8-14-15-12(9)16-21(18,19)11-7-5-4-6-10(11)13(17)20-2/h4-8H,3H2,1-2H3,(H2,14,15,16). The molecule has 21 heavy (non-hydrogen) atoms. The van der Waals surface area contributed by atoms with Crippen molar-refractivity contribution < 1.29 is 17.9 Å². The lowest BCUT2D eigenvalue weighted by Crippen LogP contribution is -2.18. The Morgan fingerprint density at radius 1 is 1.38 bits per heavy atom. The number of aryl methyl sites for hydroxylation is 1. The maximum Gasteiger partial charge on any atom is 0.339 e. The molecule has 0 aliphatic carbocycles. The van der Waals surface area contributed by atoms with Crippen molar-refractivity contribution in [2.24, 2.45) is 0 Å². The Morgan fingerprint density at radius 3 is 2.76 bits per heavy atom. The van der Waals surface area contributed by atoms with Gasteiger partial charge in [-0.25, -0.2) is 13.2 Å². The summed E-state index contributed by atoms with van der Waals surface area (Å²) in [6.07, 6.45) is 2.16. The Balaban J connectivity index is 2.43. The van der Waals surface area contributed by atoms with E-state index in [0.717, 1.165) is 5.56 Å². The van der Waals surface area contributed by atoms with Crippen LogP contribution in [0.2, 0.25) is 0 Å². The van der Waals surface area contributed by atoms with E-state index in [2.05, 4.69) is 19.7 Å². The molecule has 2 aromatic rings. The van der Waals surface area contributed by atoms with Crippen molar-refractivity contribution in [2.45, 2.75) is 18.2 Å². The number of benzene rings is 1. The minimum atomic E-state index is -3.92. The summed E-state index contributed by atoms with van der Waals surface area (Å²) >= 11 is 0. The van der Waals surface area contributed by atoms with Crippen LogP contribution < -0.4 is 4.72 Å². The number of sulfonamides is 1. The van der Waals surface area contributed by atoms with Crippen molar-refractivity contribution in [3.05, 3.63) is 41.6 Å². The Labute approximate surface area is 122 Å². The lowest BCUT2D eigenvalue weighted by Gasteiger charge is -2.10. The highest BCUT2D eigenvalue weighted by Gasteiger charge is 2.23. The Bertz CT molecular complexity index is 752. The van der Waals surface area contributed by atoms with Crippen LogP contribution in [0.1, 0.15) is 22.8 Å². The first-order chi connectivity index (χ1) is 9.99. The summed E-state index contributed by atoms with van der Waals surface area (Å²) in [6, 6.07) is 5.85. The molecule has 112 valence electrons. The van der Waals surface area contributed by atoms with Gasteiger partial charge in [-0.3, -0.25) is 9.82 Å². The minimum absolute atomic E-state index is 0.0231. The number of carbonyl (C=O) groups is 1. The number of rotatable bonds is 5. The first kappa shape index (κ1) is 15.0. The molecule has 0 saturated heterocycles. The van der Waals surface area contributed by atoms with E-state index in [4.69, 9.17) is 0 Å². The van der Waals surface area contributed by atoms with Gasteiger partial charge < -0.3 is 4.74 Å². The number of anilines is 1. The fraction of sp³-hybridized carbons (Fsp3) is 0.231. The van der Waals surface area contributed by atoms with Gasteiger partial charge in [0.1, 0.15) is 10.7 Å². The molecular weight excluding hydrogens is 294 g/mol. The molecule has 1 aromatic carbocycles. The lowest BCUT2D eigenvalue weighted by atomic mass is 10.2. The van der Waals surface area contributed by atoms with E-state index in [1.807, 2.05) is 6.92 Å². The molecule has 8 heteroatoms. The fourth-order valence-electron chi connectivity index (χ4n) is 1.84. The molecule has 0 aliphatic rings. The van der Waals surface area contributed by atoms with Crippen LogP contribution in [0, 0.1) is 0 Å². The van der Waals surface area contributed by atoms with Crippen LogP contribution in [-0.4, -0.2) is 31.7 Å². The number of methoxy groups -OCH3 is 1. The van der Waals surface area contributed by atoms with Crippen molar-refractivity contribution in [3.8, 4) is 0 Å². The van der Waals surface area contributed by atoms with Gasteiger partial charge in [0, 0.05) is 5.56 Å². The summed E-state index contributed by atoms with van der Waals surface area (Å²) in [4.78, 5) is 11.5. The van der Waals surface area contributed by atoms with E-state index in [0.29, 0.717) is 6.42 Å². The van der Waals surface area contributed by atoms with Crippen LogP contribution in [0.15, 0.2) is 35.4 Å². The molecule has 1 heterocycles. The molecule has 0 spiro atoms. The van der Waals surface area contributed by atoms with Gasteiger partial charge in [0.05, 0.1) is 18.9 Å². The summed E-state index contributed by atoms with van der Waals surface area (Å²) in [7, 11) is -2.73. The van der Waals surface area contributed by atoms with E-state index in [1.54, 1.807) is 12.3 Å². The van der Waals surface area contributed by atoms with Crippen LogP contribution in [0.25, 0.3) is 0 Å². The third-order valence-electron chi connectivity index (χ3n) is 2.92. The zero-order chi connectivity index (χ0) is 15.5. The van der Waals surface area contributed by atoms with Gasteiger partial charge in [0.2, 0.25) is 0 Å². The molecule has 7 nitrogen and oxygen atoms in total. The highest BCUT2D eigenvalue weighted by atomic mass is 32.2. The second kappa shape index (κ2) is 5.96. The predicted molar refractivity (Wildman–Crippen MR) is 76.6 cm³/mol. The molecule has 2 N–H and O–H groups in total. The number of aromatic nitrogens is 2. The van der Waals surface area contributed by atoms with Crippen molar-refractivity contribution in [2.75, 3.05) is 11.8 Å². The first-order valence-electron chi connectivity index (χ1n) is 6.22. The molecule has 0 bridgehead atoms. The quantitative estimate of drug-likeness (QED) is 0.816. The summed E-state index contributed by atoms with van der Waals surface area (Å²) < 4.78 is 31.9. The van der Waals surface area contributed by atoms with Crippen LogP contribution in [0.5, 0.6) is 0 Å². The van der Waals surface area contributed by atoms with Gasteiger partial charge in [-0.15, -0.1) is 0 Å². The summed E-state index contributed by atoms with van der Waals surface area (Å²) in [6.45, 7) is 1.88. The Morgan fingerprint density at radius 2 is 2.10 bits per heavy atom. The third-order valence-corrected chi connectivity index (χ3v) is 4.32. The van der Waals surface area contributed by atoms with Crippen LogP contribution in [0.4, 0.5) is 5.82 Å². The molecule has 1 aromatic heterocycles. The minimum Gasteiger partial charge on any atom is -0.465 e. The van der Waals surface area contributed by atoms with E-state index >= 15 is 0 Å². The summed E-state index contributed by atoms with van der Waals surface area (Å²) in [5, 5.41) is 6.39. The number of H-pyrrole nitrogens is 1. The molecule has 0 fully saturated rings.